The molecule has 0 fully saturated rings. The van der Waals surface area contributed by atoms with Crippen molar-refractivity contribution < 1.29 is 14.6 Å². The Morgan fingerprint density at radius 1 is 1.35 bits per heavy atom. The number of ether oxygens (including phenoxy) is 1. The lowest BCUT2D eigenvalue weighted by molar-refractivity contribution is -0.130. The normalized spacial score (nSPS) is 10.4. The zero-order valence-electron chi connectivity index (χ0n) is 10.5. The van der Waals surface area contributed by atoms with Gasteiger partial charge in [0.05, 0.1) is 7.11 Å². The Morgan fingerprint density at radius 2 is 2.00 bits per heavy atom. The number of carbonyl (C=O) groups is 1. The first-order chi connectivity index (χ1) is 7.84. The molecular weight excluding hydrogens is 216 g/mol. The van der Waals surface area contributed by atoms with E-state index in [0.29, 0.717) is 5.56 Å². The summed E-state index contributed by atoms with van der Waals surface area (Å²) in [4.78, 5) is 10.4. The number of rotatable bonds is 1. The molecule has 3 heteroatoms. The van der Waals surface area contributed by atoms with Crippen LogP contribution in [0.3, 0.4) is 0 Å². The Labute approximate surface area is 101 Å². The van der Waals surface area contributed by atoms with Gasteiger partial charge in [0.25, 0.3) is 0 Å². The predicted octanol–water partition coefficient (Wildman–Crippen LogP) is 2.43. The Kier molecular flexibility index (Phi) is 3.80. The standard InChI is InChI=1S/C14H16O3/c1-14(2,3)11-9-10(6-8-13(15)16)5-7-12(11)17-4/h5,7,9H,1-4H3,(H,15,16). The number of methoxy groups -OCH3 is 1. The Bertz CT molecular complexity index is 484. The summed E-state index contributed by atoms with van der Waals surface area (Å²) in [6.07, 6.45) is 0. The smallest absolute Gasteiger partial charge is 0.382 e. The van der Waals surface area contributed by atoms with Gasteiger partial charge in [-0.1, -0.05) is 26.7 Å². The van der Waals surface area contributed by atoms with Gasteiger partial charge in [-0.2, -0.15) is 0 Å². The molecule has 0 radical (unpaired) electrons. The number of carboxylic acid groups (broad SMARTS) is 1. The molecule has 0 aromatic heterocycles. The number of carboxylic acids is 1. The van der Waals surface area contributed by atoms with Crippen LogP contribution in [-0.2, 0) is 10.2 Å². The SMILES string of the molecule is COc1ccc(C#CC(=O)O)cc1C(C)(C)C. The second-order valence-electron chi connectivity index (χ2n) is 4.72. The molecule has 0 saturated carbocycles. The maximum Gasteiger partial charge on any atom is 0.382 e. The average Bonchev–Trinajstić information content (AvgIpc) is 2.24. The first-order valence-corrected chi connectivity index (χ1v) is 5.28. The number of benzene rings is 1. The van der Waals surface area contributed by atoms with Gasteiger partial charge >= 0.3 is 5.97 Å². The first-order valence-electron chi connectivity index (χ1n) is 5.28. The molecule has 90 valence electrons. The summed E-state index contributed by atoms with van der Waals surface area (Å²) in [5, 5.41) is 8.51. The van der Waals surface area contributed by atoms with Crippen molar-refractivity contribution in [2.45, 2.75) is 26.2 Å². The Morgan fingerprint density at radius 3 is 2.47 bits per heavy atom. The van der Waals surface area contributed by atoms with E-state index in [4.69, 9.17) is 9.84 Å². The molecule has 0 aliphatic rings. The van der Waals surface area contributed by atoms with Gasteiger partial charge in [0.15, 0.2) is 0 Å². The summed E-state index contributed by atoms with van der Waals surface area (Å²) in [5.41, 5.74) is 1.61. The summed E-state index contributed by atoms with van der Waals surface area (Å²) < 4.78 is 5.29. The molecule has 17 heavy (non-hydrogen) atoms. The van der Waals surface area contributed by atoms with Gasteiger partial charge in [-0.05, 0) is 23.6 Å². The molecule has 1 aromatic carbocycles. The van der Waals surface area contributed by atoms with Crippen molar-refractivity contribution in [3.05, 3.63) is 29.3 Å². The maximum absolute atomic E-state index is 10.4. The van der Waals surface area contributed by atoms with Crippen LogP contribution < -0.4 is 4.74 Å². The second-order valence-corrected chi connectivity index (χ2v) is 4.72. The van der Waals surface area contributed by atoms with Crippen molar-refractivity contribution in [1.29, 1.82) is 0 Å². The average molecular weight is 232 g/mol. The van der Waals surface area contributed by atoms with E-state index >= 15 is 0 Å². The Hall–Kier alpha value is -1.95. The van der Waals surface area contributed by atoms with Crippen molar-refractivity contribution in [1.82, 2.24) is 0 Å². The topological polar surface area (TPSA) is 46.5 Å². The third-order valence-corrected chi connectivity index (χ3v) is 2.32. The van der Waals surface area contributed by atoms with Crippen LogP contribution in [0.4, 0.5) is 0 Å². The van der Waals surface area contributed by atoms with Crippen LogP contribution in [0.1, 0.15) is 31.9 Å². The molecule has 0 atom stereocenters. The van der Waals surface area contributed by atoms with Gasteiger partial charge in [0, 0.05) is 17.0 Å². The molecule has 0 bridgehead atoms. The highest BCUT2D eigenvalue weighted by atomic mass is 16.5. The van der Waals surface area contributed by atoms with E-state index in [1.165, 1.54) is 0 Å². The van der Waals surface area contributed by atoms with Crippen LogP contribution in [0.2, 0.25) is 0 Å². The fraction of sp³-hybridized carbons (Fsp3) is 0.357. The molecule has 0 heterocycles. The third-order valence-electron chi connectivity index (χ3n) is 2.32. The molecule has 0 aliphatic heterocycles. The van der Waals surface area contributed by atoms with Crippen LogP contribution in [-0.4, -0.2) is 18.2 Å². The number of aliphatic carboxylic acids is 1. The molecule has 0 aliphatic carbocycles. The Balaban J connectivity index is 3.24. The van der Waals surface area contributed by atoms with Crippen molar-refractivity contribution in [2.75, 3.05) is 7.11 Å². The maximum atomic E-state index is 10.4. The molecule has 0 amide bonds. The summed E-state index contributed by atoms with van der Waals surface area (Å²) >= 11 is 0. The number of hydrogen-bond donors (Lipinski definition) is 1. The summed E-state index contributed by atoms with van der Waals surface area (Å²) in [6.45, 7) is 6.21. The first kappa shape index (κ1) is 13.1. The lowest BCUT2D eigenvalue weighted by Gasteiger charge is -2.22. The van der Waals surface area contributed by atoms with Crippen molar-refractivity contribution in [2.24, 2.45) is 0 Å². The highest BCUT2D eigenvalue weighted by Crippen LogP contribution is 2.31. The molecule has 3 nitrogen and oxygen atoms in total. The molecule has 0 saturated heterocycles. The largest absolute Gasteiger partial charge is 0.496 e. The van der Waals surface area contributed by atoms with Gasteiger partial charge in [-0.25, -0.2) is 4.79 Å². The second kappa shape index (κ2) is 4.92. The lowest BCUT2D eigenvalue weighted by Crippen LogP contribution is -2.13. The van der Waals surface area contributed by atoms with E-state index in [2.05, 4.69) is 32.6 Å². The van der Waals surface area contributed by atoms with Gasteiger partial charge < -0.3 is 9.84 Å². The van der Waals surface area contributed by atoms with Crippen molar-refractivity contribution in [3.63, 3.8) is 0 Å². The zero-order valence-corrected chi connectivity index (χ0v) is 10.5. The zero-order chi connectivity index (χ0) is 13.1. The van der Waals surface area contributed by atoms with Crippen molar-refractivity contribution in [3.8, 4) is 17.6 Å². The van der Waals surface area contributed by atoms with Crippen LogP contribution in [0.15, 0.2) is 18.2 Å². The summed E-state index contributed by atoms with van der Waals surface area (Å²) in [5.74, 6) is 4.37. The molecule has 0 unspecified atom stereocenters. The van der Waals surface area contributed by atoms with Gasteiger partial charge in [0.1, 0.15) is 5.75 Å². The van der Waals surface area contributed by atoms with E-state index in [9.17, 15) is 4.79 Å². The van der Waals surface area contributed by atoms with E-state index in [1.54, 1.807) is 13.2 Å². The minimum atomic E-state index is -1.13. The third kappa shape index (κ3) is 3.53. The van der Waals surface area contributed by atoms with E-state index in [0.717, 1.165) is 11.3 Å². The highest BCUT2D eigenvalue weighted by Gasteiger charge is 2.18. The van der Waals surface area contributed by atoms with E-state index in [1.807, 2.05) is 12.1 Å². The molecular formula is C14H16O3. The molecule has 0 spiro atoms. The van der Waals surface area contributed by atoms with Crippen LogP contribution in [0, 0.1) is 11.8 Å². The highest BCUT2D eigenvalue weighted by molar-refractivity contribution is 5.87. The van der Waals surface area contributed by atoms with Crippen LogP contribution in [0.25, 0.3) is 0 Å². The lowest BCUT2D eigenvalue weighted by atomic mass is 9.85. The van der Waals surface area contributed by atoms with Gasteiger partial charge in [-0.15, -0.1) is 0 Å². The van der Waals surface area contributed by atoms with E-state index in [-0.39, 0.29) is 5.41 Å². The summed E-state index contributed by atoms with van der Waals surface area (Å²) in [7, 11) is 1.62. The van der Waals surface area contributed by atoms with Crippen LogP contribution >= 0.6 is 0 Å². The monoisotopic (exact) mass is 232 g/mol. The number of hydrogen-bond acceptors (Lipinski definition) is 2. The van der Waals surface area contributed by atoms with E-state index < -0.39 is 5.97 Å². The van der Waals surface area contributed by atoms with Crippen LogP contribution in [0.5, 0.6) is 5.75 Å². The quantitative estimate of drug-likeness (QED) is 0.756. The fourth-order valence-corrected chi connectivity index (χ4v) is 1.50. The molecule has 1 rings (SSSR count). The fourth-order valence-electron chi connectivity index (χ4n) is 1.50. The van der Waals surface area contributed by atoms with Gasteiger partial charge in [0.2, 0.25) is 0 Å². The minimum absolute atomic E-state index is 0.0771. The summed E-state index contributed by atoms with van der Waals surface area (Å²) in [6, 6.07) is 5.44. The minimum Gasteiger partial charge on any atom is -0.496 e. The predicted molar refractivity (Wildman–Crippen MR) is 66.2 cm³/mol. The van der Waals surface area contributed by atoms with Crippen molar-refractivity contribution >= 4 is 5.97 Å². The van der Waals surface area contributed by atoms with Gasteiger partial charge in [-0.3, -0.25) is 0 Å². The molecule has 1 N–H and O–H groups in total. The molecule has 1 aromatic rings.